The topological polar surface area (TPSA) is 84.0 Å². The monoisotopic (exact) mass is 1010 g/mol. The highest BCUT2D eigenvalue weighted by Crippen LogP contribution is 2.67. The van der Waals surface area contributed by atoms with Gasteiger partial charge in [-0.05, 0) is 147 Å². The van der Waals surface area contributed by atoms with E-state index < -0.39 is 0 Å². The second kappa shape index (κ2) is 22.9. The van der Waals surface area contributed by atoms with Crippen molar-refractivity contribution in [1.29, 1.82) is 0 Å². The number of rotatable bonds is 22. The molecule has 0 aromatic heterocycles. The Morgan fingerprint density at radius 1 is 0.608 bits per heavy atom. The number of hydrogen-bond acceptors (Lipinski definition) is 6. The molecule has 2 unspecified atom stereocenters. The summed E-state index contributed by atoms with van der Waals surface area (Å²) in [5.74, 6) is 4.68. The van der Waals surface area contributed by atoms with Crippen molar-refractivity contribution in [2.75, 3.05) is 0 Å². The smallest absolute Gasteiger partial charge is 0.127 e. The molecular weight excluding hydrogens is 913 g/mol. The average Bonchev–Trinajstić information content (AvgIpc) is 4.15. The first-order valence-corrected chi connectivity index (χ1v) is 29.4. The van der Waals surface area contributed by atoms with Crippen LogP contribution < -0.4 is 9.47 Å². The minimum absolute atomic E-state index is 0.117. The van der Waals surface area contributed by atoms with Crippen LogP contribution >= 0.6 is 0 Å². The summed E-state index contributed by atoms with van der Waals surface area (Å²) in [7, 11) is 0. The molecule has 2 saturated carbocycles. The molecule has 6 aliphatic rings. The fourth-order valence-electron chi connectivity index (χ4n) is 14.4. The van der Waals surface area contributed by atoms with Gasteiger partial charge in [0.15, 0.2) is 0 Å². The summed E-state index contributed by atoms with van der Waals surface area (Å²) >= 11 is 0. The lowest BCUT2D eigenvalue weighted by Gasteiger charge is -2.41. The molecule has 1 aromatic carbocycles. The van der Waals surface area contributed by atoms with Crippen molar-refractivity contribution in [3.8, 4) is 11.5 Å². The van der Waals surface area contributed by atoms with E-state index in [9.17, 15) is 10.2 Å². The van der Waals surface area contributed by atoms with Crippen LogP contribution in [0.5, 0.6) is 11.5 Å². The Hall–Kier alpha value is -3.42. The maximum absolute atomic E-state index is 10.7. The summed E-state index contributed by atoms with van der Waals surface area (Å²) in [6, 6.07) is 0. The molecule has 0 amide bonds. The second-order valence-corrected chi connectivity index (χ2v) is 27.3. The molecule has 2 N–H and O–H groups in total. The van der Waals surface area contributed by atoms with Crippen molar-refractivity contribution >= 4 is 0 Å². The first-order chi connectivity index (χ1) is 34.7. The molecule has 4 fully saturated rings. The Morgan fingerprint density at radius 2 is 1.15 bits per heavy atom. The summed E-state index contributed by atoms with van der Waals surface area (Å²) in [6.45, 7) is 36.1. The van der Waals surface area contributed by atoms with Gasteiger partial charge in [0.05, 0.1) is 12.2 Å². The van der Waals surface area contributed by atoms with Crippen LogP contribution in [-0.2, 0) is 22.3 Å². The quantitative estimate of drug-likeness (QED) is 0.0889. The number of benzene rings is 1. The molecule has 1 aromatic rings. The standard InChI is InChI=1S/C68H102O6/c1-46(2)25-21-27-48(4)29-22-30-49(5)32-24-37-64(14)39-36-57-58-41-54(34-19-20-38-67-62(10,11)42-55(69)44-65(67,15)73-67)59(71-60(58)52(8)53(9)61(57)72-64)51(7)33-18-17-26-47(3)28-23-31-50(6)35-40-68-63(12,13)43-56(70)45-66(68,16)74-68/h17-20,23,26,28,31,33-35,38,40,46,48-49,54-56,59,69-70H,21-22,24-25,27,29-30,32,36-37,39,41-45H2,1-16H3/b18-17+,28-23+,34-19-,38-20+,40-35-,47-26+,50-31+,51-33+/t48?,49?,54-,55-,56-,59+,64+,65+,66+,67-,68-/m0/s1. The zero-order valence-corrected chi connectivity index (χ0v) is 49.4. The minimum atomic E-state index is -0.376. The van der Waals surface area contributed by atoms with Gasteiger partial charge in [-0.15, -0.1) is 0 Å². The molecule has 0 spiro atoms. The lowest BCUT2D eigenvalue weighted by Crippen LogP contribution is -2.46. The van der Waals surface area contributed by atoms with E-state index in [-0.39, 0.29) is 63.1 Å². The second-order valence-electron chi connectivity index (χ2n) is 27.3. The van der Waals surface area contributed by atoms with Crippen molar-refractivity contribution < 1.29 is 29.2 Å². The Morgan fingerprint density at radius 3 is 1.76 bits per heavy atom. The highest BCUT2D eigenvalue weighted by Gasteiger charge is 2.75. The molecule has 2 aliphatic carbocycles. The normalized spacial score (nSPS) is 34.5. The van der Waals surface area contributed by atoms with E-state index >= 15 is 0 Å². The van der Waals surface area contributed by atoms with E-state index in [4.69, 9.17) is 18.9 Å². The first-order valence-electron chi connectivity index (χ1n) is 29.4. The summed E-state index contributed by atoms with van der Waals surface area (Å²) in [5, 5.41) is 21.1. The van der Waals surface area contributed by atoms with E-state index in [1.54, 1.807) is 0 Å². The number of aliphatic hydroxyl groups is 2. The van der Waals surface area contributed by atoms with Gasteiger partial charge in [0.2, 0.25) is 0 Å². The Bertz CT molecular complexity index is 2400. The lowest BCUT2D eigenvalue weighted by atomic mass is 9.63. The number of ether oxygens (including phenoxy) is 4. The summed E-state index contributed by atoms with van der Waals surface area (Å²) < 4.78 is 27.3. The van der Waals surface area contributed by atoms with Gasteiger partial charge in [0.25, 0.3) is 0 Å². The third-order valence-corrected chi connectivity index (χ3v) is 19.1. The maximum Gasteiger partial charge on any atom is 0.127 e. The number of aliphatic hydroxyl groups excluding tert-OH is 2. The van der Waals surface area contributed by atoms with E-state index in [0.717, 1.165) is 78.9 Å². The molecule has 74 heavy (non-hydrogen) atoms. The molecule has 11 atom stereocenters. The number of fused-ring (bicyclic) bond motifs is 5. The Balaban J connectivity index is 1.03. The van der Waals surface area contributed by atoms with Gasteiger partial charge in [-0.25, -0.2) is 0 Å². The van der Waals surface area contributed by atoms with Crippen molar-refractivity contribution in [2.24, 2.45) is 34.5 Å². The molecule has 7 rings (SSSR count). The SMILES string of the molecule is CC(/C=C\[C@@]12O[C@]1(C)C[C@@H](O)CC2(C)C)=C\C=C\C(C)=C\C=C\C=C(/C)[C@H]1Oc2c(C)c(C)c3c(c2C[C@@H]1/C=C\C=C\[C@@]12O[C@]1(C)C[C@@H](O)CC2(C)C)CC[C@@](C)(CCCC(C)CCCC(C)CCCC(C)C)O3. The van der Waals surface area contributed by atoms with Crippen LogP contribution in [0.15, 0.2) is 95.7 Å². The van der Waals surface area contributed by atoms with Gasteiger partial charge in [0, 0.05) is 40.7 Å². The first kappa shape index (κ1) is 58.3. The minimum Gasteiger partial charge on any atom is -0.487 e. The van der Waals surface area contributed by atoms with E-state index in [1.165, 1.54) is 79.2 Å². The van der Waals surface area contributed by atoms with Crippen molar-refractivity contribution in [3.63, 3.8) is 0 Å². The molecule has 4 heterocycles. The summed E-state index contributed by atoms with van der Waals surface area (Å²) in [6.07, 6.45) is 45.2. The molecule has 4 aliphatic heterocycles. The number of allylic oxidation sites excluding steroid dienone is 12. The van der Waals surface area contributed by atoms with Crippen LogP contribution in [0.2, 0.25) is 0 Å². The number of epoxide rings is 2. The van der Waals surface area contributed by atoms with Crippen molar-refractivity contribution in [3.05, 3.63) is 118 Å². The molecule has 2 saturated heterocycles. The summed E-state index contributed by atoms with van der Waals surface area (Å²) in [4.78, 5) is 0. The van der Waals surface area contributed by atoms with Gasteiger partial charge < -0.3 is 29.2 Å². The fraction of sp³-hybridized carbons (Fsp3) is 0.676. The van der Waals surface area contributed by atoms with Gasteiger partial charge in [-0.1, -0.05) is 178 Å². The van der Waals surface area contributed by atoms with Crippen LogP contribution in [0, 0.1) is 48.3 Å². The van der Waals surface area contributed by atoms with Crippen molar-refractivity contribution in [2.45, 2.75) is 260 Å². The van der Waals surface area contributed by atoms with Gasteiger partial charge >= 0.3 is 0 Å². The van der Waals surface area contributed by atoms with Gasteiger partial charge in [-0.2, -0.15) is 0 Å². The highest BCUT2D eigenvalue weighted by molar-refractivity contribution is 5.61. The van der Waals surface area contributed by atoms with Crippen LogP contribution in [0.4, 0.5) is 0 Å². The molecule has 6 heteroatoms. The molecule has 0 bridgehead atoms. The lowest BCUT2D eigenvalue weighted by molar-refractivity contribution is 0.0501. The zero-order valence-electron chi connectivity index (χ0n) is 49.4. The summed E-state index contributed by atoms with van der Waals surface area (Å²) in [5.41, 5.74) is 6.78. The molecule has 0 radical (unpaired) electrons. The fourth-order valence-corrected chi connectivity index (χ4v) is 14.4. The predicted octanol–water partition coefficient (Wildman–Crippen LogP) is 16.8. The third-order valence-electron chi connectivity index (χ3n) is 19.1. The number of hydrogen-bond donors (Lipinski definition) is 2. The van der Waals surface area contributed by atoms with E-state index in [2.05, 4.69) is 190 Å². The molecular formula is C68H102O6. The van der Waals surface area contributed by atoms with Gasteiger partial charge in [-0.3, -0.25) is 0 Å². The molecule has 410 valence electrons. The van der Waals surface area contributed by atoms with Crippen LogP contribution in [0.25, 0.3) is 0 Å². The predicted molar refractivity (Wildman–Crippen MR) is 309 cm³/mol. The van der Waals surface area contributed by atoms with Crippen LogP contribution in [0.3, 0.4) is 0 Å². The zero-order chi connectivity index (χ0) is 54.1. The van der Waals surface area contributed by atoms with E-state index in [1.807, 2.05) is 0 Å². The van der Waals surface area contributed by atoms with Crippen molar-refractivity contribution in [1.82, 2.24) is 0 Å². The molecule has 6 nitrogen and oxygen atoms in total. The Kier molecular flexibility index (Phi) is 18.0. The van der Waals surface area contributed by atoms with Gasteiger partial charge in [0.1, 0.15) is 45.6 Å². The third kappa shape index (κ3) is 12.6. The average molecular weight is 1020 g/mol. The van der Waals surface area contributed by atoms with Crippen LogP contribution in [-0.4, -0.2) is 56.5 Å². The highest BCUT2D eigenvalue weighted by atomic mass is 16.6. The van der Waals surface area contributed by atoms with E-state index in [0.29, 0.717) is 12.8 Å². The van der Waals surface area contributed by atoms with Crippen LogP contribution in [0.1, 0.15) is 209 Å². The Labute approximate surface area is 451 Å². The maximum atomic E-state index is 10.7. The largest absolute Gasteiger partial charge is 0.487 e.